The van der Waals surface area contributed by atoms with Gasteiger partial charge in [-0.3, -0.25) is 14.9 Å². The van der Waals surface area contributed by atoms with E-state index >= 15 is 0 Å². The van der Waals surface area contributed by atoms with Crippen molar-refractivity contribution in [2.45, 2.75) is 19.4 Å². The minimum absolute atomic E-state index is 0.0851. The quantitative estimate of drug-likeness (QED) is 0.629. The van der Waals surface area contributed by atoms with Crippen LogP contribution in [0.1, 0.15) is 22.3 Å². The number of aliphatic hydroxyl groups excluding tert-OH is 1. The van der Waals surface area contributed by atoms with Gasteiger partial charge in [0.05, 0.1) is 11.0 Å². The molecule has 1 fully saturated rings. The number of hydrogen-bond donors (Lipinski definition) is 1. The van der Waals surface area contributed by atoms with E-state index in [-0.39, 0.29) is 11.6 Å². The molecule has 1 N–H and O–H groups in total. The van der Waals surface area contributed by atoms with Gasteiger partial charge in [-0.05, 0) is 25.0 Å². The van der Waals surface area contributed by atoms with Gasteiger partial charge in [0.15, 0.2) is 0 Å². The third kappa shape index (κ3) is 2.48. The van der Waals surface area contributed by atoms with Crippen molar-refractivity contribution < 1.29 is 14.8 Å². The summed E-state index contributed by atoms with van der Waals surface area (Å²) < 4.78 is 0. The van der Waals surface area contributed by atoms with Gasteiger partial charge in [-0.15, -0.1) is 0 Å². The highest BCUT2D eigenvalue weighted by Crippen LogP contribution is 2.20. The van der Waals surface area contributed by atoms with Crippen LogP contribution >= 0.6 is 0 Å². The van der Waals surface area contributed by atoms with E-state index in [9.17, 15) is 20.0 Å². The van der Waals surface area contributed by atoms with Crippen LogP contribution in [0.5, 0.6) is 0 Å². The number of benzene rings is 1. The number of likely N-dealkylation sites (tertiary alicyclic amines) is 1. The van der Waals surface area contributed by atoms with Crippen LogP contribution in [0, 0.1) is 17.0 Å². The lowest BCUT2D eigenvalue weighted by Gasteiger charge is -2.15. The topological polar surface area (TPSA) is 83.7 Å². The molecule has 1 aromatic carbocycles. The van der Waals surface area contributed by atoms with Crippen molar-refractivity contribution in [1.82, 2.24) is 4.90 Å². The molecule has 18 heavy (non-hydrogen) atoms. The monoisotopic (exact) mass is 250 g/mol. The summed E-state index contributed by atoms with van der Waals surface area (Å²) in [5, 5.41) is 20.1. The second kappa shape index (κ2) is 4.73. The number of β-amino-alcohol motifs (C(OH)–C–C–N with tert-alkyl or cyclic N) is 1. The molecule has 1 aliphatic rings. The zero-order chi connectivity index (χ0) is 13.3. The number of carbonyl (C=O) groups is 1. The minimum atomic E-state index is -0.511. The maximum Gasteiger partial charge on any atom is 0.270 e. The largest absolute Gasteiger partial charge is 0.391 e. The lowest BCUT2D eigenvalue weighted by Crippen LogP contribution is -2.29. The van der Waals surface area contributed by atoms with E-state index in [0.717, 1.165) is 0 Å². The summed E-state index contributed by atoms with van der Waals surface area (Å²) in [5.74, 6) is -0.265. The number of carbonyl (C=O) groups excluding carboxylic acids is 1. The van der Waals surface area contributed by atoms with Crippen molar-refractivity contribution in [3.8, 4) is 0 Å². The highest BCUT2D eigenvalue weighted by molar-refractivity contribution is 5.95. The van der Waals surface area contributed by atoms with Gasteiger partial charge in [0.2, 0.25) is 0 Å². The Morgan fingerprint density at radius 1 is 1.50 bits per heavy atom. The number of aliphatic hydroxyl groups is 1. The van der Waals surface area contributed by atoms with E-state index in [0.29, 0.717) is 30.6 Å². The highest BCUT2D eigenvalue weighted by Gasteiger charge is 2.26. The molecular weight excluding hydrogens is 236 g/mol. The summed E-state index contributed by atoms with van der Waals surface area (Å²) in [7, 11) is 0. The average molecular weight is 250 g/mol. The molecule has 96 valence electrons. The van der Waals surface area contributed by atoms with Gasteiger partial charge in [0.1, 0.15) is 0 Å². The fourth-order valence-corrected chi connectivity index (χ4v) is 2.10. The Hall–Kier alpha value is -1.95. The standard InChI is InChI=1S/C12H14N2O4/c1-8-4-9(6-10(5-8)14(17)18)12(16)13-3-2-11(15)7-13/h4-6,11,15H,2-3,7H2,1H3. The van der Waals surface area contributed by atoms with Crippen molar-refractivity contribution >= 4 is 11.6 Å². The second-order valence-electron chi connectivity index (χ2n) is 4.51. The molecule has 1 unspecified atom stereocenters. The number of aryl methyl sites for hydroxylation is 1. The number of amides is 1. The van der Waals surface area contributed by atoms with Crippen LogP contribution in [-0.2, 0) is 0 Å². The summed E-state index contributed by atoms with van der Waals surface area (Å²) in [6, 6.07) is 4.33. The van der Waals surface area contributed by atoms with E-state index < -0.39 is 11.0 Å². The summed E-state index contributed by atoms with van der Waals surface area (Å²) >= 11 is 0. The molecule has 0 bridgehead atoms. The van der Waals surface area contributed by atoms with Gasteiger partial charge in [-0.2, -0.15) is 0 Å². The molecule has 6 heteroatoms. The third-order valence-electron chi connectivity index (χ3n) is 2.97. The van der Waals surface area contributed by atoms with Gasteiger partial charge in [-0.25, -0.2) is 0 Å². The second-order valence-corrected chi connectivity index (χ2v) is 4.51. The predicted octanol–water partition coefficient (Wildman–Crippen LogP) is 1.11. The van der Waals surface area contributed by atoms with Gasteiger partial charge in [0, 0.05) is 30.8 Å². The molecule has 0 saturated carbocycles. The molecule has 0 radical (unpaired) electrons. The Bertz CT molecular complexity index is 501. The third-order valence-corrected chi connectivity index (χ3v) is 2.97. The van der Waals surface area contributed by atoms with E-state index in [2.05, 4.69) is 0 Å². The van der Waals surface area contributed by atoms with Crippen molar-refractivity contribution in [2.75, 3.05) is 13.1 Å². The van der Waals surface area contributed by atoms with Gasteiger partial charge >= 0.3 is 0 Å². The molecule has 0 aromatic heterocycles. The van der Waals surface area contributed by atoms with Crippen molar-refractivity contribution in [2.24, 2.45) is 0 Å². The molecular formula is C12H14N2O4. The smallest absolute Gasteiger partial charge is 0.270 e. The van der Waals surface area contributed by atoms with Crippen LogP contribution < -0.4 is 0 Å². The molecule has 6 nitrogen and oxygen atoms in total. The van der Waals surface area contributed by atoms with Crippen LogP contribution in [0.4, 0.5) is 5.69 Å². The lowest BCUT2D eigenvalue weighted by molar-refractivity contribution is -0.384. The molecule has 1 saturated heterocycles. The first kappa shape index (κ1) is 12.5. The van der Waals surface area contributed by atoms with E-state index in [1.165, 1.54) is 17.0 Å². The number of nitro groups is 1. The molecule has 1 heterocycles. The average Bonchev–Trinajstić information content (AvgIpc) is 2.74. The Morgan fingerprint density at radius 2 is 2.22 bits per heavy atom. The zero-order valence-corrected chi connectivity index (χ0v) is 10.00. The first-order valence-electron chi connectivity index (χ1n) is 5.71. The molecule has 1 amide bonds. The van der Waals surface area contributed by atoms with E-state index in [1.54, 1.807) is 13.0 Å². The predicted molar refractivity (Wildman–Crippen MR) is 64.4 cm³/mol. The van der Waals surface area contributed by atoms with Gasteiger partial charge in [0.25, 0.3) is 11.6 Å². The number of rotatable bonds is 2. The Morgan fingerprint density at radius 3 is 2.78 bits per heavy atom. The molecule has 0 spiro atoms. The SMILES string of the molecule is Cc1cc(C(=O)N2CCC(O)C2)cc([N+](=O)[O-])c1. The molecule has 1 aromatic rings. The van der Waals surface area contributed by atoms with Crippen LogP contribution in [0.3, 0.4) is 0 Å². The summed E-state index contributed by atoms with van der Waals surface area (Å²) in [5.41, 5.74) is 0.890. The van der Waals surface area contributed by atoms with Crippen LogP contribution in [0.25, 0.3) is 0 Å². The first-order chi connectivity index (χ1) is 8.47. The molecule has 2 rings (SSSR count). The lowest BCUT2D eigenvalue weighted by atomic mass is 10.1. The maximum atomic E-state index is 12.1. The Labute approximate surface area is 104 Å². The van der Waals surface area contributed by atoms with Crippen molar-refractivity contribution in [3.05, 3.63) is 39.4 Å². The summed E-state index contributed by atoms with van der Waals surface area (Å²) in [6.07, 6.45) is 0.0633. The van der Waals surface area contributed by atoms with Crippen LogP contribution in [0.15, 0.2) is 18.2 Å². The van der Waals surface area contributed by atoms with Crippen LogP contribution in [0.2, 0.25) is 0 Å². The highest BCUT2D eigenvalue weighted by atomic mass is 16.6. The Kier molecular flexibility index (Phi) is 3.29. The fourth-order valence-electron chi connectivity index (χ4n) is 2.10. The summed E-state index contributed by atoms with van der Waals surface area (Å²) in [6.45, 7) is 2.49. The van der Waals surface area contributed by atoms with Crippen LogP contribution in [-0.4, -0.2) is 40.0 Å². The van der Waals surface area contributed by atoms with E-state index in [4.69, 9.17) is 0 Å². The zero-order valence-electron chi connectivity index (χ0n) is 10.00. The van der Waals surface area contributed by atoms with E-state index in [1.807, 2.05) is 0 Å². The molecule has 1 aliphatic heterocycles. The Balaban J connectivity index is 2.27. The number of nitrogens with zero attached hydrogens (tertiary/aromatic N) is 2. The molecule has 0 aliphatic carbocycles. The fraction of sp³-hybridized carbons (Fsp3) is 0.417. The van der Waals surface area contributed by atoms with Gasteiger partial charge in [-0.1, -0.05) is 0 Å². The normalized spacial score (nSPS) is 19.0. The van der Waals surface area contributed by atoms with Crippen molar-refractivity contribution in [1.29, 1.82) is 0 Å². The number of non-ortho nitro benzene ring substituents is 1. The number of hydrogen-bond acceptors (Lipinski definition) is 4. The number of nitro benzene ring substituents is 1. The maximum absolute atomic E-state index is 12.1. The molecule has 1 atom stereocenters. The minimum Gasteiger partial charge on any atom is -0.391 e. The van der Waals surface area contributed by atoms with Crippen molar-refractivity contribution in [3.63, 3.8) is 0 Å². The first-order valence-corrected chi connectivity index (χ1v) is 5.71. The van der Waals surface area contributed by atoms with Gasteiger partial charge < -0.3 is 10.0 Å². The summed E-state index contributed by atoms with van der Waals surface area (Å²) in [4.78, 5) is 23.9.